The lowest BCUT2D eigenvalue weighted by Gasteiger charge is -2.36. The van der Waals surface area contributed by atoms with E-state index >= 15 is 0 Å². The zero-order valence-electron chi connectivity index (χ0n) is 33.3. The molecule has 3 aromatic heterocycles. The molecule has 0 radical (unpaired) electrons. The van der Waals surface area contributed by atoms with Gasteiger partial charge in [-0.15, -0.1) is 0 Å². The van der Waals surface area contributed by atoms with E-state index in [4.69, 9.17) is 14.2 Å². The van der Waals surface area contributed by atoms with E-state index in [1.54, 1.807) is 24.2 Å². The molecule has 5 heterocycles. The van der Waals surface area contributed by atoms with Crippen LogP contribution in [0.3, 0.4) is 0 Å². The molecule has 15 nitrogen and oxygen atoms in total. The van der Waals surface area contributed by atoms with Crippen LogP contribution in [0.5, 0.6) is 0 Å². The van der Waals surface area contributed by atoms with E-state index < -0.39 is 36.6 Å². The molecule has 3 amide bonds. The van der Waals surface area contributed by atoms with E-state index in [0.717, 1.165) is 65.1 Å². The second-order valence-electron chi connectivity index (χ2n) is 14.5. The number of aromatic amines is 2. The number of aromatic nitrogens is 4. The van der Waals surface area contributed by atoms with Crippen LogP contribution < -0.4 is 10.6 Å². The molecule has 7 rings (SSSR count). The van der Waals surface area contributed by atoms with Crippen molar-refractivity contribution in [2.75, 3.05) is 34.4 Å². The monoisotopic (exact) mass is 820 g/mol. The largest absolute Gasteiger partial charge is 0.453 e. The minimum absolute atomic E-state index is 0.169. The number of carbonyl (C=O) groups excluding carboxylic acids is 3. The summed E-state index contributed by atoms with van der Waals surface area (Å²) in [5, 5.41) is 20.5. The molecule has 59 heavy (non-hydrogen) atoms. The summed E-state index contributed by atoms with van der Waals surface area (Å²) >= 11 is 1.46. The molecule has 5 aromatic rings. The highest BCUT2D eigenvalue weighted by Crippen LogP contribution is 2.36. The maximum absolute atomic E-state index is 13.8. The number of alkyl carbamates (subject to hydrolysis) is 2. The number of hydrogen-bond acceptors (Lipinski definition) is 11. The minimum Gasteiger partial charge on any atom is -0.453 e. The van der Waals surface area contributed by atoms with Crippen LogP contribution in [0.4, 0.5) is 9.59 Å². The van der Waals surface area contributed by atoms with E-state index in [9.17, 15) is 19.5 Å². The quantitative estimate of drug-likeness (QED) is 0.0949. The molecule has 1 unspecified atom stereocenters. The molecule has 16 heteroatoms. The zero-order chi connectivity index (χ0) is 41.5. The van der Waals surface area contributed by atoms with Crippen molar-refractivity contribution in [1.82, 2.24) is 40.4 Å². The summed E-state index contributed by atoms with van der Waals surface area (Å²) in [5.41, 5.74) is 5.99. The summed E-state index contributed by atoms with van der Waals surface area (Å²) in [6, 6.07) is 15.7. The van der Waals surface area contributed by atoms with Crippen molar-refractivity contribution in [1.29, 1.82) is 0 Å². The zero-order valence-corrected chi connectivity index (χ0v) is 34.1. The molecule has 5 N–H and O–H groups in total. The van der Waals surface area contributed by atoms with Gasteiger partial charge in [0.25, 0.3) is 5.91 Å². The van der Waals surface area contributed by atoms with Crippen LogP contribution in [0.2, 0.25) is 0 Å². The van der Waals surface area contributed by atoms with Crippen molar-refractivity contribution in [3.8, 4) is 34.4 Å². The van der Waals surface area contributed by atoms with Crippen molar-refractivity contribution < 1.29 is 33.7 Å². The van der Waals surface area contributed by atoms with Gasteiger partial charge in [-0.25, -0.2) is 19.6 Å². The first-order valence-electron chi connectivity index (χ1n) is 19.5. The Morgan fingerprint density at radius 1 is 0.814 bits per heavy atom. The number of thiophene rings is 1. The maximum Gasteiger partial charge on any atom is 0.407 e. The number of rotatable bonds is 12. The summed E-state index contributed by atoms with van der Waals surface area (Å²) in [5.74, 6) is 7.73. The minimum atomic E-state index is -1.01. The summed E-state index contributed by atoms with van der Waals surface area (Å²) < 4.78 is 15.0. The number of hydrogen-bond donors (Lipinski definition) is 5. The molecule has 2 aliphatic heterocycles. The Morgan fingerprint density at radius 2 is 1.37 bits per heavy atom. The third kappa shape index (κ3) is 9.34. The number of aliphatic hydroxyl groups excluding tert-OH is 1. The third-order valence-corrected chi connectivity index (χ3v) is 11.7. The van der Waals surface area contributed by atoms with Crippen LogP contribution in [0.1, 0.15) is 79.1 Å². The Labute approximate surface area is 346 Å². The Bertz CT molecular complexity index is 2260. The normalized spacial score (nSPS) is 18.6. The molecule has 2 fully saturated rings. The second kappa shape index (κ2) is 18.7. The Morgan fingerprint density at radius 3 is 1.93 bits per heavy atom. The Hall–Kier alpha value is -5.99. The smallest absolute Gasteiger partial charge is 0.407 e. The average molecular weight is 821 g/mol. The molecule has 2 saturated heterocycles. The fourth-order valence-electron chi connectivity index (χ4n) is 7.68. The fraction of sp³-hybridized carbons (Fsp3) is 0.372. The first-order chi connectivity index (χ1) is 28.7. The van der Waals surface area contributed by atoms with Crippen molar-refractivity contribution in [3.05, 3.63) is 106 Å². The predicted molar refractivity (Wildman–Crippen MR) is 221 cm³/mol. The fourth-order valence-corrected chi connectivity index (χ4v) is 8.37. The third-order valence-electron chi connectivity index (χ3n) is 11.0. The number of nitrogens with zero attached hydrogens (tertiary/aromatic N) is 4. The summed E-state index contributed by atoms with van der Waals surface area (Å²) in [7, 11) is 4.10. The van der Waals surface area contributed by atoms with Gasteiger partial charge in [0.05, 0.1) is 62.2 Å². The van der Waals surface area contributed by atoms with Crippen LogP contribution in [0.15, 0.2) is 77.8 Å². The Kier molecular flexibility index (Phi) is 13.1. The molecule has 2 aromatic carbocycles. The molecule has 0 saturated carbocycles. The van der Waals surface area contributed by atoms with Gasteiger partial charge in [0.1, 0.15) is 23.9 Å². The Balaban J connectivity index is 0.976. The second-order valence-corrected chi connectivity index (χ2v) is 15.3. The first-order valence-corrected chi connectivity index (χ1v) is 20.4. The number of imidazole rings is 2. The topological polar surface area (TPSA) is 187 Å². The number of carbonyl (C=O) groups is 3. The summed E-state index contributed by atoms with van der Waals surface area (Å²) in [6.07, 6.45) is 4.04. The van der Waals surface area contributed by atoms with Crippen LogP contribution >= 0.6 is 11.3 Å². The average Bonchev–Trinajstić information content (AvgIpc) is 4.13. The number of H-pyrrole nitrogens is 2. The van der Waals surface area contributed by atoms with E-state index in [2.05, 4.69) is 42.4 Å². The lowest BCUT2D eigenvalue weighted by atomic mass is 10.1. The number of amides is 3. The molecule has 0 spiro atoms. The van der Waals surface area contributed by atoms with Gasteiger partial charge in [0.15, 0.2) is 0 Å². The standard InChI is InChI=1S/C43H48N8O7S/c1-26(56-2)36(48-42(54)57-3)40(52)50-20-5-7-34(50)38-44-23-32(46-38)29-15-11-27(12-16-29)9-10-28-13-17-30(18-14-28)33-24-45-39(47-33)35-8-6-21-51(35)41(53)37(49-43(55)58-4)31-19-22-59-25-31/h11-19,22-26,34-37,40,52H,5-8,20-21H2,1-4H3,(H,44,46)(H,45,47)(H,48,54)(H,49,55)/t26-,34+,35+,36+,37-,40?/m1/s1. The number of likely N-dealkylation sites (tertiary alicyclic amines) is 2. The van der Waals surface area contributed by atoms with E-state index in [0.29, 0.717) is 24.5 Å². The van der Waals surface area contributed by atoms with Crippen LogP contribution in [0, 0.1) is 11.8 Å². The SMILES string of the molecule is COC(=O)N[C@H](C(O)N1CCC[C@H]1c1ncc(-c2ccc(C#Cc3ccc(-c4cnc([C@@H]5CCCN5C(=O)[C@H](NC(=O)OC)c5ccsc5)[nH]4)cc3)cc2)[nH]1)[C@@H](C)OC. The highest BCUT2D eigenvalue weighted by molar-refractivity contribution is 7.08. The van der Waals surface area contributed by atoms with Crippen LogP contribution in [0.25, 0.3) is 22.5 Å². The van der Waals surface area contributed by atoms with E-state index in [1.165, 1.54) is 32.7 Å². The van der Waals surface area contributed by atoms with Gasteiger partial charge < -0.3 is 44.8 Å². The molecule has 2 aliphatic rings. The van der Waals surface area contributed by atoms with Gasteiger partial charge in [0.2, 0.25) is 0 Å². The van der Waals surface area contributed by atoms with Crippen molar-refractivity contribution in [3.63, 3.8) is 0 Å². The molecular weight excluding hydrogens is 773 g/mol. The lowest BCUT2D eigenvalue weighted by Crippen LogP contribution is -2.56. The number of benzene rings is 2. The van der Waals surface area contributed by atoms with Crippen molar-refractivity contribution in [2.24, 2.45) is 0 Å². The number of ether oxygens (including phenoxy) is 3. The van der Waals surface area contributed by atoms with Crippen LogP contribution in [-0.4, -0.2) is 106 Å². The van der Waals surface area contributed by atoms with Crippen LogP contribution in [-0.2, 0) is 19.0 Å². The number of aliphatic hydroxyl groups is 1. The molecule has 0 bridgehead atoms. The van der Waals surface area contributed by atoms with Gasteiger partial charge in [-0.3, -0.25) is 9.69 Å². The molecular formula is C43H48N8O7S. The molecule has 6 atom stereocenters. The van der Waals surface area contributed by atoms with Gasteiger partial charge in [-0.05, 0) is 90.4 Å². The maximum atomic E-state index is 13.8. The van der Waals surface area contributed by atoms with E-state index in [1.807, 2.05) is 70.3 Å². The van der Waals surface area contributed by atoms with Crippen molar-refractivity contribution in [2.45, 2.75) is 69.1 Å². The highest BCUT2D eigenvalue weighted by Gasteiger charge is 2.40. The van der Waals surface area contributed by atoms with E-state index in [-0.39, 0.29) is 18.0 Å². The van der Waals surface area contributed by atoms with Crippen molar-refractivity contribution >= 4 is 29.4 Å². The summed E-state index contributed by atoms with van der Waals surface area (Å²) in [6.45, 7) is 2.99. The predicted octanol–water partition coefficient (Wildman–Crippen LogP) is 5.90. The summed E-state index contributed by atoms with van der Waals surface area (Å²) in [4.78, 5) is 57.8. The molecule has 0 aliphatic carbocycles. The number of nitrogens with one attached hydrogen (secondary N) is 4. The number of methoxy groups -OCH3 is 3. The lowest BCUT2D eigenvalue weighted by molar-refractivity contribution is -0.134. The van der Waals surface area contributed by atoms with Gasteiger partial charge in [-0.2, -0.15) is 11.3 Å². The van der Waals surface area contributed by atoms with Gasteiger partial charge in [0, 0.05) is 31.3 Å². The molecule has 308 valence electrons. The highest BCUT2D eigenvalue weighted by atomic mass is 32.1. The van der Waals surface area contributed by atoms with Gasteiger partial charge >= 0.3 is 12.2 Å². The first kappa shape index (κ1) is 41.2. The van der Waals surface area contributed by atoms with Gasteiger partial charge in [-0.1, -0.05) is 36.1 Å².